The number of amides is 1. The standard InChI is InChI=1S/C17H15FN2O4/c18-14-8-5-13(6-9-14)16(21)11-19-17(22)10-7-12-3-1-2-4-15(12)20(23)24/h1-10,16,21H,11H2,(H,19,22)/b10-7+. The fourth-order valence-corrected chi connectivity index (χ4v) is 2.02. The fraction of sp³-hybridized carbons (Fsp3) is 0.118. The highest BCUT2D eigenvalue weighted by Crippen LogP contribution is 2.18. The Bertz CT molecular complexity index is 759. The quantitative estimate of drug-likeness (QED) is 0.484. The first-order valence-corrected chi connectivity index (χ1v) is 7.10. The summed E-state index contributed by atoms with van der Waals surface area (Å²) in [4.78, 5) is 22.1. The van der Waals surface area contributed by atoms with E-state index in [2.05, 4.69) is 5.32 Å². The van der Waals surface area contributed by atoms with Gasteiger partial charge >= 0.3 is 0 Å². The summed E-state index contributed by atoms with van der Waals surface area (Å²) >= 11 is 0. The molecule has 24 heavy (non-hydrogen) atoms. The van der Waals surface area contributed by atoms with Gasteiger partial charge in [-0.25, -0.2) is 4.39 Å². The summed E-state index contributed by atoms with van der Waals surface area (Å²) in [5.74, 6) is -0.920. The van der Waals surface area contributed by atoms with Crippen LogP contribution in [0.25, 0.3) is 6.08 Å². The van der Waals surface area contributed by atoms with Crippen molar-refractivity contribution in [1.82, 2.24) is 5.32 Å². The highest BCUT2D eigenvalue weighted by Gasteiger charge is 2.11. The second kappa shape index (κ2) is 7.98. The Morgan fingerprint density at radius 3 is 2.58 bits per heavy atom. The smallest absolute Gasteiger partial charge is 0.276 e. The van der Waals surface area contributed by atoms with E-state index < -0.39 is 22.8 Å². The number of rotatable bonds is 6. The number of para-hydroxylation sites is 1. The molecular weight excluding hydrogens is 315 g/mol. The minimum atomic E-state index is -0.978. The molecule has 0 saturated carbocycles. The van der Waals surface area contributed by atoms with E-state index in [1.54, 1.807) is 6.07 Å². The van der Waals surface area contributed by atoms with Crippen molar-refractivity contribution in [3.8, 4) is 0 Å². The first-order chi connectivity index (χ1) is 11.5. The Balaban J connectivity index is 1.94. The number of halogens is 1. The number of nitro benzene ring substituents is 1. The summed E-state index contributed by atoms with van der Waals surface area (Å²) in [6.45, 7) is -0.0638. The number of carbonyl (C=O) groups is 1. The summed E-state index contributed by atoms with van der Waals surface area (Å²) in [5.41, 5.74) is 0.670. The molecule has 7 heteroatoms. The lowest BCUT2D eigenvalue weighted by atomic mass is 10.1. The molecule has 0 saturated heterocycles. The summed E-state index contributed by atoms with van der Waals surface area (Å²) in [7, 11) is 0. The predicted octanol–water partition coefficient (Wildman–Crippen LogP) is 2.60. The molecule has 0 aromatic heterocycles. The molecule has 6 nitrogen and oxygen atoms in total. The van der Waals surface area contributed by atoms with Crippen molar-refractivity contribution in [3.05, 3.63) is 81.7 Å². The van der Waals surface area contributed by atoms with Gasteiger partial charge in [-0.1, -0.05) is 24.3 Å². The van der Waals surface area contributed by atoms with Gasteiger partial charge in [-0.2, -0.15) is 0 Å². The van der Waals surface area contributed by atoms with Crippen molar-refractivity contribution in [2.45, 2.75) is 6.10 Å². The highest BCUT2D eigenvalue weighted by atomic mass is 19.1. The SMILES string of the molecule is O=C(/C=C/c1ccccc1[N+](=O)[O-])NCC(O)c1ccc(F)cc1. The van der Waals surface area contributed by atoms with Gasteiger partial charge in [0.1, 0.15) is 5.82 Å². The normalized spacial score (nSPS) is 12.1. The van der Waals surface area contributed by atoms with Crippen molar-refractivity contribution in [3.63, 3.8) is 0 Å². The van der Waals surface area contributed by atoms with E-state index in [4.69, 9.17) is 0 Å². The summed E-state index contributed by atoms with van der Waals surface area (Å²) in [6, 6.07) is 11.3. The van der Waals surface area contributed by atoms with Crippen LogP contribution in [0.1, 0.15) is 17.2 Å². The van der Waals surface area contributed by atoms with Gasteiger partial charge in [0.05, 0.1) is 16.6 Å². The van der Waals surface area contributed by atoms with Gasteiger partial charge in [0, 0.05) is 18.7 Å². The number of hydrogen-bond acceptors (Lipinski definition) is 4. The molecule has 0 radical (unpaired) electrons. The fourth-order valence-electron chi connectivity index (χ4n) is 2.02. The molecule has 0 bridgehead atoms. The number of nitro groups is 1. The van der Waals surface area contributed by atoms with Crippen LogP contribution in [0.5, 0.6) is 0 Å². The van der Waals surface area contributed by atoms with Crippen LogP contribution in [0.2, 0.25) is 0 Å². The van der Waals surface area contributed by atoms with Crippen LogP contribution < -0.4 is 5.32 Å². The van der Waals surface area contributed by atoms with Gasteiger partial charge in [-0.05, 0) is 29.8 Å². The maximum absolute atomic E-state index is 12.8. The first-order valence-electron chi connectivity index (χ1n) is 7.10. The van der Waals surface area contributed by atoms with Gasteiger partial charge < -0.3 is 10.4 Å². The average molecular weight is 330 g/mol. The van der Waals surface area contributed by atoms with Crippen LogP contribution in [0, 0.1) is 15.9 Å². The van der Waals surface area contributed by atoms with Gasteiger partial charge in [0.25, 0.3) is 5.69 Å². The molecule has 2 N–H and O–H groups in total. The second-order valence-electron chi connectivity index (χ2n) is 4.96. The lowest BCUT2D eigenvalue weighted by Gasteiger charge is -2.11. The molecule has 1 amide bonds. The van der Waals surface area contributed by atoms with Gasteiger partial charge in [0.2, 0.25) is 5.91 Å². The second-order valence-corrected chi connectivity index (χ2v) is 4.96. The molecule has 2 aromatic rings. The van der Waals surface area contributed by atoms with E-state index in [0.717, 1.165) is 6.08 Å². The first kappa shape index (κ1) is 17.3. The van der Waals surface area contributed by atoms with Gasteiger partial charge in [-0.15, -0.1) is 0 Å². The molecule has 0 spiro atoms. The van der Waals surface area contributed by atoms with Crippen LogP contribution in [-0.2, 0) is 4.79 Å². The maximum atomic E-state index is 12.8. The van der Waals surface area contributed by atoms with E-state index in [1.165, 1.54) is 48.5 Å². The molecule has 2 aromatic carbocycles. The van der Waals surface area contributed by atoms with E-state index >= 15 is 0 Å². The average Bonchev–Trinajstić information content (AvgIpc) is 2.58. The zero-order valence-electron chi connectivity index (χ0n) is 12.6. The highest BCUT2D eigenvalue weighted by molar-refractivity contribution is 5.92. The van der Waals surface area contributed by atoms with Crippen LogP contribution in [0.4, 0.5) is 10.1 Å². The molecule has 1 unspecified atom stereocenters. The van der Waals surface area contributed by atoms with Crippen molar-refractivity contribution in [1.29, 1.82) is 0 Å². The molecular formula is C17H15FN2O4. The lowest BCUT2D eigenvalue weighted by molar-refractivity contribution is -0.385. The number of benzene rings is 2. The number of aliphatic hydroxyl groups excluding tert-OH is 1. The lowest BCUT2D eigenvalue weighted by Crippen LogP contribution is -2.26. The molecule has 124 valence electrons. The Labute approximate surface area is 137 Å². The van der Waals surface area contributed by atoms with Crippen molar-refractivity contribution in [2.75, 3.05) is 6.54 Å². The molecule has 2 rings (SSSR count). The van der Waals surface area contributed by atoms with Crippen LogP contribution in [-0.4, -0.2) is 22.5 Å². The molecule has 0 aliphatic carbocycles. The van der Waals surface area contributed by atoms with E-state index in [0.29, 0.717) is 11.1 Å². The summed E-state index contributed by atoms with van der Waals surface area (Å²) in [6.07, 6.45) is 1.51. The third kappa shape index (κ3) is 4.72. The van der Waals surface area contributed by atoms with E-state index in [1.807, 2.05) is 0 Å². The molecule has 0 fully saturated rings. The molecule has 0 aliphatic heterocycles. The summed E-state index contributed by atoms with van der Waals surface area (Å²) in [5, 5.41) is 23.3. The Morgan fingerprint density at radius 2 is 1.92 bits per heavy atom. The van der Waals surface area contributed by atoms with Crippen molar-refractivity contribution < 1.29 is 19.2 Å². The monoisotopic (exact) mass is 330 g/mol. The third-order valence-electron chi connectivity index (χ3n) is 3.27. The number of hydrogen-bond donors (Lipinski definition) is 2. The number of carbonyl (C=O) groups excluding carboxylic acids is 1. The van der Waals surface area contributed by atoms with Crippen molar-refractivity contribution in [2.24, 2.45) is 0 Å². The zero-order valence-corrected chi connectivity index (χ0v) is 12.6. The van der Waals surface area contributed by atoms with E-state index in [9.17, 15) is 24.4 Å². The Hall–Kier alpha value is -3.06. The van der Waals surface area contributed by atoms with Gasteiger partial charge in [-0.3, -0.25) is 14.9 Å². The van der Waals surface area contributed by atoms with Crippen molar-refractivity contribution >= 4 is 17.7 Å². The van der Waals surface area contributed by atoms with Crippen LogP contribution in [0.15, 0.2) is 54.6 Å². The largest absolute Gasteiger partial charge is 0.387 e. The van der Waals surface area contributed by atoms with Gasteiger partial charge in [0.15, 0.2) is 0 Å². The van der Waals surface area contributed by atoms with Crippen LogP contribution in [0.3, 0.4) is 0 Å². The number of aliphatic hydroxyl groups is 1. The predicted molar refractivity (Wildman–Crippen MR) is 86.5 cm³/mol. The third-order valence-corrected chi connectivity index (χ3v) is 3.27. The zero-order chi connectivity index (χ0) is 17.5. The molecule has 0 heterocycles. The van der Waals surface area contributed by atoms with E-state index in [-0.39, 0.29) is 12.2 Å². The Kier molecular flexibility index (Phi) is 5.75. The molecule has 0 aliphatic rings. The number of nitrogens with zero attached hydrogens (tertiary/aromatic N) is 1. The summed E-state index contributed by atoms with van der Waals surface area (Å²) < 4.78 is 12.8. The Morgan fingerprint density at radius 1 is 1.25 bits per heavy atom. The molecule has 1 atom stereocenters. The minimum Gasteiger partial charge on any atom is -0.387 e. The minimum absolute atomic E-state index is 0.0638. The number of nitrogens with one attached hydrogen (secondary N) is 1. The maximum Gasteiger partial charge on any atom is 0.276 e. The topological polar surface area (TPSA) is 92.5 Å². The van der Waals surface area contributed by atoms with Crippen LogP contribution >= 0.6 is 0 Å².